The van der Waals surface area contributed by atoms with E-state index in [0.29, 0.717) is 23.4 Å². The lowest BCUT2D eigenvalue weighted by molar-refractivity contribution is 0.0815. The fourth-order valence-corrected chi connectivity index (χ4v) is 5.72. The molecule has 0 spiro atoms. The number of nitrogens with zero attached hydrogens (tertiary/aromatic N) is 2. The number of piperidine rings is 1. The highest BCUT2D eigenvalue weighted by Gasteiger charge is 2.39. The molecule has 0 amide bonds. The third-order valence-electron chi connectivity index (χ3n) is 7.50. The maximum absolute atomic E-state index is 13.2. The van der Waals surface area contributed by atoms with Crippen LogP contribution in [0.1, 0.15) is 56.9 Å². The van der Waals surface area contributed by atoms with Crippen molar-refractivity contribution in [3.8, 4) is 11.3 Å². The molecule has 0 atom stereocenters. The molecule has 6 rings (SSSR count). The SMILES string of the molecule is Cc1cccc2c3c(ccc12)-c1oc2c(c1C(=O)C3=O)CCN(CCN1CCCCC1)C2. The number of benzene rings is 2. The molecule has 3 aliphatic rings. The number of rotatable bonds is 3. The van der Waals surface area contributed by atoms with E-state index in [4.69, 9.17) is 4.42 Å². The first-order valence-electron chi connectivity index (χ1n) is 11.8. The van der Waals surface area contributed by atoms with Gasteiger partial charge in [0.05, 0.1) is 12.1 Å². The summed E-state index contributed by atoms with van der Waals surface area (Å²) in [6, 6.07) is 9.90. The van der Waals surface area contributed by atoms with Gasteiger partial charge < -0.3 is 9.32 Å². The van der Waals surface area contributed by atoms with Gasteiger partial charge in [-0.2, -0.15) is 0 Å². The number of carbonyl (C=O) groups is 2. The Morgan fingerprint density at radius 2 is 1.62 bits per heavy atom. The Hall–Kier alpha value is -2.76. The van der Waals surface area contributed by atoms with Crippen LogP contribution in [0.15, 0.2) is 34.7 Å². The second kappa shape index (κ2) is 7.68. The number of hydrogen-bond donors (Lipinski definition) is 0. The molecule has 1 aromatic heterocycles. The maximum Gasteiger partial charge on any atom is 0.237 e. The Morgan fingerprint density at radius 1 is 0.844 bits per heavy atom. The van der Waals surface area contributed by atoms with Crippen LogP contribution in [0.25, 0.3) is 22.1 Å². The van der Waals surface area contributed by atoms with Gasteiger partial charge in [-0.25, -0.2) is 0 Å². The first-order valence-corrected chi connectivity index (χ1v) is 11.8. The Labute approximate surface area is 188 Å². The van der Waals surface area contributed by atoms with E-state index in [1.54, 1.807) is 0 Å². The molecule has 32 heavy (non-hydrogen) atoms. The minimum absolute atomic E-state index is 0.403. The van der Waals surface area contributed by atoms with Gasteiger partial charge in [0.25, 0.3) is 0 Å². The van der Waals surface area contributed by atoms with E-state index in [2.05, 4.69) is 9.80 Å². The van der Waals surface area contributed by atoms with Crippen LogP contribution in [0.5, 0.6) is 0 Å². The molecule has 1 saturated heterocycles. The number of carbonyl (C=O) groups excluding carboxylic acids is 2. The summed E-state index contributed by atoms with van der Waals surface area (Å²) >= 11 is 0. The number of hydrogen-bond acceptors (Lipinski definition) is 5. The quantitative estimate of drug-likeness (QED) is 0.569. The van der Waals surface area contributed by atoms with Gasteiger partial charge in [-0.15, -0.1) is 0 Å². The maximum atomic E-state index is 13.2. The molecule has 0 unspecified atom stereocenters. The predicted molar refractivity (Wildman–Crippen MR) is 124 cm³/mol. The lowest BCUT2D eigenvalue weighted by Crippen LogP contribution is -2.39. The number of furan rings is 1. The van der Waals surface area contributed by atoms with Gasteiger partial charge in [0.1, 0.15) is 11.5 Å². The van der Waals surface area contributed by atoms with Crippen molar-refractivity contribution < 1.29 is 14.0 Å². The van der Waals surface area contributed by atoms with E-state index in [-0.39, 0.29) is 0 Å². The summed E-state index contributed by atoms with van der Waals surface area (Å²) in [4.78, 5) is 31.4. The van der Waals surface area contributed by atoms with E-state index >= 15 is 0 Å². The van der Waals surface area contributed by atoms with Gasteiger partial charge in [0, 0.05) is 36.3 Å². The molecule has 0 bridgehead atoms. The summed E-state index contributed by atoms with van der Waals surface area (Å²) in [5.74, 6) is 0.641. The minimum Gasteiger partial charge on any atom is -0.459 e. The van der Waals surface area contributed by atoms with Gasteiger partial charge in [-0.05, 0) is 61.7 Å². The highest BCUT2D eigenvalue weighted by Crippen LogP contribution is 2.43. The molecule has 0 saturated carbocycles. The van der Waals surface area contributed by atoms with Crippen LogP contribution in [-0.4, -0.2) is 54.1 Å². The van der Waals surface area contributed by atoms with Gasteiger partial charge in [0.15, 0.2) is 0 Å². The van der Waals surface area contributed by atoms with Crippen molar-refractivity contribution in [3.05, 3.63) is 58.3 Å². The molecule has 1 fully saturated rings. The van der Waals surface area contributed by atoms with Crippen molar-refractivity contribution in [2.75, 3.05) is 32.7 Å². The van der Waals surface area contributed by atoms with E-state index in [1.165, 1.54) is 32.4 Å². The molecule has 5 heteroatoms. The number of fused-ring (bicyclic) bond motifs is 7. The monoisotopic (exact) mass is 428 g/mol. The van der Waals surface area contributed by atoms with Crippen LogP contribution in [0.4, 0.5) is 0 Å². The molecule has 1 aliphatic carbocycles. The van der Waals surface area contributed by atoms with Crippen molar-refractivity contribution >= 4 is 22.3 Å². The summed E-state index contributed by atoms with van der Waals surface area (Å²) in [5, 5.41) is 1.85. The predicted octanol–water partition coefficient (Wildman–Crippen LogP) is 4.63. The summed E-state index contributed by atoms with van der Waals surface area (Å²) in [6.45, 7) is 8.14. The largest absolute Gasteiger partial charge is 0.459 e. The third kappa shape index (κ3) is 3.06. The van der Waals surface area contributed by atoms with Gasteiger partial charge in [0.2, 0.25) is 11.6 Å². The van der Waals surface area contributed by atoms with E-state index in [9.17, 15) is 9.59 Å². The van der Waals surface area contributed by atoms with Crippen LogP contribution < -0.4 is 0 Å². The second-order valence-corrected chi connectivity index (χ2v) is 9.45. The van der Waals surface area contributed by atoms with Crippen LogP contribution in [0.3, 0.4) is 0 Å². The first kappa shape index (κ1) is 19.9. The van der Waals surface area contributed by atoms with Gasteiger partial charge >= 0.3 is 0 Å². The summed E-state index contributed by atoms with van der Waals surface area (Å²) in [5.41, 5.74) is 3.82. The molecule has 2 aromatic carbocycles. The van der Waals surface area contributed by atoms with E-state index in [0.717, 1.165) is 59.3 Å². The first-order chi connectivity index (χ1) is 15.6. The van der Waals surface area contributed by atoms with E-state index < -0.39 is 11.6 Å². The average molecular weight is 429 g/mol. The molecular formula is C27H28N2O3. The fraction of sp³-hybridized carbons (Fsp3) is 0.407. The van der Waals surface area contributed by atoms with Crippen molar-refractivity contribution in [1.29, 1.82) is 0 Å². The zero-order valence-electron chi connectivity index (χ0n) is 18.6. The summed E-state index contributed by atoms with van der Waals surface area (Å²) in [6.07, 6.45) is 4.72. The minimum atomic E-state index is -0.409. The van der Waals surface area contributed by atoms with Crippen molar-refractivity contribution in [3.63, 3.8) is 0 Å². The average Bonchev–Trinajstić information content (AvgIpc) is 3.20. The van der Waals surface area contributed by atoms with Gasteiger partial charge in [-0.3, -0.25) is 14.5 Å². The normalized spacial score (nSPS) is 19.2. The van der Waals surface area contributed by atoms with Crippen LogP contribution in [0.2, 0.25) is 0 Å². The highest BCUT2D eigenvalue weighted by molar-refractivity contribution is 6.54. The lowest BCUT2D eigenvalue weighted by Gasteiger charge is -2.31. The molecule has 3 heterocycles. The van der Waals surface area contributed by atoms with E-state index in [1.807, 2.05) is 37.3 Å². The lowest BCUT2D eigenvalue weighted by atomic mass is 9.82. The highest BCUT2D eigenvalue weighted by atomic mass is 16.3. The van der Waals surface area contributed by atoms with Crippen molar-refractivity contribution in [2.45, 2.75) is 39.2 Å². The van der Waals surface area contributed by atoms with Gasteiger partial charge in [-0.1, -0.05) is 30.7 Å². The molecule has 0 radical (unpaired) electrons. The molecule has 5 nitrogen and oxygen atoms in total. The fourth-order valence-electron chi connectivity index (χ4n) is 5.72. The van der Waals surface area contributed by atoms with Crippen LogP contribution in [-0.2, 0) is 13.0 Å². The molecule has 2 aliphatic heterocycles. The number of Topliss-reactive ketones (excluding diaryl/α,β-unsaturated/α-hetero) is 2. The molecule has 0 N–H and O–H groups in total. The standard InChI is InChI=1S/C27H28N2O3/c1-17-6-5-7-19-18(17)8-9-21-23(19)25(30)26(31)24-20-10-13-29(16-22(20)32-27(21)24)15-14-28-11-3-2-4-12-28/h5-9H,2-4,10-16H2,1H3. The Bertz CT molecular complexity index is 1250. The molecule has 3 aromatic rings. The summed E-state index contributed by atoms with van der Waals surface area (Å²) < 4.78 is 6.35. The van der Waals surface area contributed by atoms with Crippen molar-refractivity contribution in [2.24, 2.45) is 0 Å². The Morgan fingerprint density at radius 3 is 2.47 bits per heavy atom. The number of likely N-dealkylation sites (tertiary alicyclic amines) is 1. The van der Waals surface area contributed by atoms with Crippen LogP contribution >= 0.6 is 0 Å². The zero-order valence-corrected chi connectivity index (χ0v) is 18.6. The third-order valence-corrected chi connectivity index (χ3v) is 7.50. The number of aryl methyl sites for hydroxylation is 1. The topological polar surface area (TPSA) is 53.8 Å². The molecular weight excluding hydrogens is 400 g/mol. The Kier molecular flexibility index (Phi) is 4.77. The smallest absolute Gasteiger partial charge is 0.237 e. The second-order valence-electron chi connectivity index (χ2n) is 9.45. The summed E-state index contributed by atoms with van der Waals surface area (Å²) in [7, 11) is 0. The molecule has 164 valence electrons. The van der Waals surface area contributed by atoms with Crippen molar-refractivity contribution in [1.82, 2.24) is 9.80 Å². The Balaban J connectivity index is 1.35. The van der Waals surface area contributed by atoms with Crippen LogP contribution in [0, 0.1) is 6.92 Å². The zero-order chi connectivity index (χ0) is 21.8. The number of ketones is 2.